The first-order valence-corrected chi connectivity index (χ1v) is 10.3. The number of nitrogens with one attached hydrogen (secondary N) is 2. The van der Waals surface area contributed by atoms with E-state index in [1.807, 2.05) is 50.2 Å². The van der Waals surface area contributed by atoms with Gasteiger partial charge in [0.15, 0.2) is 5.13 Å². The predicted molar refractivity (Wildman–Crippen MR) is 118 cm³/mol. The number of amides is 1. The topological polar surface area (TPSA) is 105 Å². The van der Waals surface area contributed by atoms with Crippen LogP contribution < -0.4 is 15.4 Å². The number of hydrogen-bond donors (Lipinski definition) is 2. The maximum atomic E-state index is 12.3. The van der Waals surface area contributed by atoms with Crippen molar-refractivity contribution >= 4 is 34.0 Å². The van der Waals surface area contributed by atoms with Crippen LogP contribution in [0.2, 0.25) is 0 Å². The lowest BCUT2D eigenvalue weighted by molar-refractivity contribution is -0.115. The number of likely N-dealkylation sites (N-methyl/N-ethyl adjacent to an activating group) is 1. The van der Waals surface area contributed by atoms with E-state index in [1.54, 1.807) is 13.1 Å². The van der Waals surface area contributed by atoms with E-state index in [-0.39, 0.29) is 18.3 Å². The fourth-order valence-electron chi connectivity index (χ4n) is 2.44. The van der Waals surface area contributed by atoms with E-state index >= 15 is 0 Å². The number of ether oxygens (including phenoxy) is 1. The van der Waals surface area contributed by atoms with Gasteiger partial charge in [0.2, 0.25) is 11.9 Å². The fraction of sp³-hybridized carbons (Fsp3) is 0.350. The van der Waals surface area contributed by atoms with Gasteiger partial charge in [-0.05, 0) is 40.1 Å². The summed E-state index contributed by atoms with van der Waals surface area (Å²) in [5.41, 5.74) is 1.92. The van der Waals surface area contributed by atoms with E-state index in [1.165, 1.54) is 11.3 Å². The Kier molecular flexibility index (Phi) is 7.26. The molecule has 0 aliphatic heterocycles. The van der Waals surface area contributed by atoms with E-state index in [2.05, 4.69) is 30.6 Å². The van der Waals surface area contributed by atoms with Gasteiger partial charge in [0.1, 0.15) is 12.4 Å². The van der Waals surface area contributed by atoms with Crippen LogP contribution in [0.1, 0.15) is 16.3 Å². The molecule has 0 aliphatic rings. The summed E-state index contributed by atoms with van der Waals surface area (Å²) in [6.45, 7) is 5.01. The number of nitrogens with zero attached hydrogens (tertiary/aromatic N) is 5. The first-order chi connectivity index (χ1) is 14.4. The van der Waals surface area contributed by atoms with E-state index in [9.17, 15) is 4.79 Å². The molecule has 0 saturated heterocycles. The molecule has 1 amide bonds. The smallest absolute Gasteiger partial charge is 0.321 e. The molecule has 3 aromatic rings. The van der Waals surface area contributed by atoms with Crippen LogP contribution in [-0.4, -0.2) is 58.0 Å². The molecule has 2 N–H and O–H groups in total. The van der Waals surface area contributed by atoms with Crippen LogP contribution in [0.25, 0.3) is 0 Å². The molecule has 10 heteroatoms. The quantitative estimate of drug-likeness (QED) is 0.537. The third-order valence-corrected chi connectivity index (χ3v) is 4.85. The maximum Gasteiger partial charge on any atom is 0.321 e. The lowest BCUT2D eigenvalue weighted by atomic mass is 10.2. The standard InChI is InChI=1S/C20H25N7O2S/c1-13-5-7-15(8-6-13)24-17(28)11-16-12-21-20(30-16)26-18-22-14(2)23-19(25-18)29-10-9-27(3)4/h5-8,12H,9-11H2,1-4H3,(H,24,28)(H,21,22,23,25,26). The van der Waals surface area contributed by atoms with Crippen molar-refractivity contribution in [1.29, 1.82) is 0 Å². The van der Waals surface area contributed by atoms with Crippen molar-refractivity contribution in [1.82, 2.24) is 24.8 Å². The van der Waals surface area contributed by atoms with Crippen LogP contribution in [0, 0.1) is 13.8 Å². The minimum Gasteiger partial charge on any atom is -0.462 e. The number of carbonyl (C=O) groups excluding carboxylic acids is 1. The molecule has 158 valence electrons. The highest BCUT2D eigenvalue weighted by molar-refractivity contribution is 7.15. The normalized spacial score (nSPS) is 10.8. The highest BCUT2D eigenvalue weighted by atomic mass is 32.1. The Labute approximate surface area is 179 Å². The average molecular weight is 428 g/mol. The first kappa shape index (κ1) is 21.6. The van der Waals surface area contributed by atoms with Gasteiger partial charge in [-0.15, -0.1) is 11.3 Å². The van der Waals surface area contributed by atoms with Crippen molar-refractivity contribution in [2.75, 3.05) is 37.9 Å². The summed E-state index contributed by atoms with van der Waals surface area (Å²) < 4.78 is 5.58. The molecule has 0 saturated carbocycles. The van der Waals surface area contributed by atoms with Gasteiger partial charge >= 0.3 is 6.01 Å². The van der Waals surface area contributed by atoms with Gasteiger partial charge in [0, 0.05) is 23.3 Å². The highest BCUT2D eigenvalue weighted by Gasteiger charge is 2.11. The number of hydrogen-bond acceptors (Lipinski definition) is 9. The van der Waals surface area contributed by atoms with Crippen molar-refractivity contribution in [2.24, 2.45) is 0 Å². The van der Waals surface area contributed by atoms with E-state index in [4.69, 9.17) is 4.74 Å². The fourth-order valence-corrected chi connectivity index (χ4v) is 3.24. The van der Waals surface area contributed by atoms with Gasteiger partial charge in [-0.3, -0.25) is 10.1 Å². The minimum absolute atomic E-state index is 0.0957. The van der Waals surface area contributed by atoms with Gasteiger partial charge in [0.25, 0.3) is 0 Å². The van der Waals surface area contributed by atoms with Crippen molar-refractivity contribution in [3.63, 3.8) is 0 Å². The summed E-state index contributed by atoms with van der Waals surface area (Å²) in [7, 11) is 3.94. The molecule has 3 rings (SSSR count). The number of carbonyl (C=O) groups is 1. The van der Waals surface area contributed by atoms with Gasteiger partial charge in [-0.2, -0.15) is 15.0 Å². The Morgan fingerprint density at radius 1 is 1.13 bits per heavy atom. The lowest BCUT2D eigenvalue weighted by Gasteiger charge is -2.10. The lowest BCUT2D eigenvalue weighted by Crippen LogP contribution is -2.20. The molecule has 2 heterocycles. The van der Waals surface area contributed by atoms with Crippen molar-refractivity contribution in [3.05, 3.63) is 46.7 Å². The summed E-state index contributed by atoms with van der Waals surface area (Å²) in [4.78, 5) is 32.1. The number of aryl methyl sites for hydroxylation is 2. The molecule has 0 bridgehead atoms. The van der Waals surface area contributed by atoms with Crippen LogP contribution in [-0.2, 0) is 11.2 Å². The summed E-state index contributed by atoms with van der Waals surface area (Å²) in [6.07, 6.45) is 1.91. The Balaban J connectivity index is 1.57. The maximum absolute atomic E-state index is 12.3. The molecular weight excluding hydrogens is 402 g/mol. The zero-order valence-corrected chi connectivity index (χ0v) is 18.3. The summed E-state index contributed by atoms with van der Waals surface area (Å²) >= 11 is 1.37. The number of rotatable bonds is 9. The van der Waals surface area contributed by atoms with E-state index in [0.717, 1.165) is 22.7 Å². The highest BCUT2D eigenvalue weighted by Crippen LogP contribution is 2.22. The van der Waals surface area contributed by atoms with Crippen LogP contribution >= 0.6 is 11.3 Å². The first-order valence-electron chi connectivity index (χ1n) is 9.46. The van der Waals surface area contributed by atoms with Gasteiger partial charge in [-0.25, -0.2) is 4.98 Å². The van der Waals surface area contributed by atoms with Crippen LogP contribution in [0.4, 0.5) is 16.8 Å². The second kappa shape index (κ2) is 10.1. The molecule has 0 spiro atoms. The van der Waals surface area contributed by atoms with Gasteiger partial charge < -0.3 is 15.0 Å². The van der Waals surface area contributed by atoms with Crippen LogP contribution in [0.5, 0.6) is 6.01 Å². The molecule has 0 aliphatic carbocycles. The molecule has 1 aromatic carbocycles. The molecule has 0 fully saturated rings. The molecule has 9 nitrogen and oxygen atoms in total. The Morgan fingerprint density at radius 2 is 1.90 bits per heavy atom. The Morgan fingerprint density at radius 3 is 2.63 bits per heavy atom. The third kappa shape index (κ3) is 6.75. The Hall–Kier alpha value is -3.11. The third-order valence-electron chi connectivity index (χ3n) is 3.94. The van der Waals surface area contributed by atoms with Crippen molar-refractivity contribution < 1.29 is 9.53 Å². The minimum atomic E-state index is -0.0957. The van der Waals surface area contributed by atoms with Crippen LogP contribution in [0.15, 0.2) is 30.5 Å². The van der Waals surface area contributed by atoms with E-state index < -0.39 is 0 Å². The molecular formula is C20H25N7O2S. The number of anilines is 3. The monoisotopic (exact) mass is 427 g/mol. The summed E-state index contributed by atoms with van der Waals surface area (Å²) in [5, 5.41) is 6.54. The SMILES string of the molecule is Cc1ccc(NC(=O)Cc2cnc(Nc3nc(C)nc(OCCN(C)C)n3)s2)cc1. The Bertz CT molecular complexity index is 989. The van der Waals surface area contributed by atoms with Crippen molar-refractivity contribution in [2.45, 2.75) is 20.3 Å². The molecule has 0 radical (unpaired) electrons. The predicted octanol–water partition coefficient (Wildman–Crippen LogP) is 2.81. The van der Waals surface area contributed by atoms with Gasteiger partial charge in [-0.1, -0.05) is 17.7 Å². The summed E-state index contributed by atoms with van der Waals surface area (Å²) in [5.74, 6) is 0.801. The van der Waals surface area contributed by atoms with Crippen molar-refractivity contribution in [3.8, 4) is 6.01 Å². The zero-order chi connectivity index (χ0) is 21.5. The molecule has 0 unspecified atom stereocenters. The molecule has 30 heavy (non-hydrogen) atoms. The largest absolute Gasteiger partial charge is 0.462 e. The average Bonchev–Trinajstić information content (AvgIpc) is 3.09. The number of thiazole rings is 1. The van der Waals surface area contributed by atoms with Crippen LogP contribution in [0.3, 0.4) is 0 Å². The number of aromatic nitrogens is 4. The summed E-state index contributed by atoms with van der Waals surface area (Å²) in [6, 6.07) is 7.95. The van der Waals surface area contributed by atoms with Gasteiger partial charge in [0.05, 0.1) is 6.42 Å². The molecule has 0 atom stereocenters. The second-order valence-corrected chi connectivity index (χ2v) is 8.10. The second-order valence-electron chi connectivity index (χ2n) is 6.99. The number of benzene rings is 1. The van der Waals surface area contributed by atoms with E-state index in [0.29, 0.717) is 23.5 Å². The molecule has 2 aromatic heterocycles. The zero-order valence-electron chi connectivity index (χ0n) is 17.5.